The minimum absolute atomic E-state index is 0. The topological polar surface area (TPSA) is 83.3 Å². The summed E-state index contributed by atoms with van der Waals surface area (Å²) in [4.78, 5) is 16.2. The fourth-order valence-electron chi connectivity index (χ4n) is 2.71. The quantitative estimate of drug-likeness (QED) is 0.215. The zero-order valence-electron chi connectivity index (χ0n) is 16.2. The smallest absolute Gasteiger partial charge is 0.223 e. The summed E-state index contributed by atoms with van der Waals surface area (Å²) in [7, 11) is 0. The van der Waals surface area contributed by atoms with Crippen LogP contribution in [0.5, 0.6) is 0 Å². The molecule has 0 saturated heterocycles. The molecule has 3 N–H and O–H groups in total. The highest BCUT2D eigenvalue weighted by molar-refractivity contribution is 14.0. The number of nitrogens with zero attached hydrogens (tertiary/aromatic N) is 3. The molecule has 1 saturated carbocycles. The van der Waals surface area contributed by atoms with Gasteiger partial charge in [-0.2, -0.15) is 5.10 Å². The van der Waals surface area contributed by atoms with Gasteiger partial charge in [0.05, 0.1) is 19.3 Å². The SMILES string of the molecule is CCNC(=NCc1cnn(Cc2ccccc2)c1)NCCNC(=O)C1CC1.I. The summed E-state index contributed by atoms with van der Waals surface area (Å²) < 4.78 is 1.92. The number of carbonyl (C=O) groups is 1. The molecule has 2 aromatic rings. The Bertz CT molecular complexity index is 757. The van der Waals surface area contributed by atoms with Gasteiger partial charge in [0, 0.05) is 37.3 Å². The van der Waals surface area contributed by atoms with E-state index in [0.29, 0.717) is 19.6 Å². The van der Waals surface area contributed by atoms with E-state index in [4.69, 9.17) is 0 Å². The molecule has 0 atom stereocenters. The number of hydrogen-bond acceptors (Lipinski definition) is 3. The summed E-state index contributed by atoms with van der Waals surface area (Å²) in [5.74, 6) is 1.16. The standard InChI is InChI=1S/C20H28N6O.HI/c1-2-21-20(23-11-10-22-19(27)18-8-9-18)24-12-17-13-25-26(15-17)14-16-6-4-3-5-7-16;/h3-7,13,15,18H,2,8-12,14H2,1H3,(H,22,27)(H2,21,23,24);1H. The largest absolute Gasteiger partial charge is 0.357 e. The lowest BCUT2D eigenvalue weighted by Crippen LogP contribution is -2.41. The minimum Gasteiger partial charge on any atom is -0.357 e. The van der Waals surface area contributed by atoms with Gasteiger partial charge in [-0.3, -0.25) is 9.48 Å². The molecule has 0 aliphatic heterocycles. The third-order valence-corrected chi connectivity index (χ3v) is 4.30. The van der Waals surface area contributed by atoms with Crippen molar-refractivity contribution in [1.82, 2.24) is 25.7 Å². The van der Waals surface area contributed by atoms with Crippen molar-refractivity contribution in [3.05, 3.63) is 53.9 Å². The number of carbonyl (C=O) groups excluding carboxylic acids is 1. The molecule has 1 fully saturated rings. The molecule has 1 aliphatic rings. The molecule has 1 amide bonds. The van der Waals surface area contributed by atoms with Crippen LogP contribution in [0.15, 0.2) is 47.7 Å². The Kier molecular flexibility index (Phi) is 9.26. The van der Waals surface area contributed by atoms with Crippen LogP contribution in [0.1, 0.15) is 30.9 Å². The van der Waals surface area contributed by atoms with E-state index in [0.717, 1.165) is 37.5 Å². The van der Waals surface area contributed by atoms with Crippen molar-refractivity contribution in [3.8, 4) is 0 Å². The summed E-state index contributed by atoms with van der Waals surface area (Å²) in [5, 5.41) is 13.8. The molecule has 152 valence electrons. The van der Waals surface area contributed by atoms with Crippen molar-refractivity contribution < 1.29 is 4.79 Å². The Labute approximate surface area is 183 Å². The van der Waals surface area contributed by atoms with E-state index in [1.807, 2.05) is 42.2 Å². The molecule has 1 aliphatic carbocycles. The Morgan fingerprint density at radius 3 is 2.61 bits per heavy atom. The molecule has 3 rings (SSSR count). The third-order valence-electron chi connectivity index (χ3n) is 4.30. The molecule has 1 aromatic heterocycles. The molecule has 0 unspecified atom stereocenters. The highest BCUT2D eigenvalue weighted by atomic mass is 127. The second-order valence-corrected chi connectivity index (χ2v) is 6.72. The minimum atomic E-state index is 0. The maximum absolute atomic E-state index is 11.6. The first-order valence-electron chi connectivity index (χ1n) is 9.59. The van der Waals surface area contributed by atoms with Crippen molar-refractivity contribution >= 4 is 35.8 Å². The molecule has 1 aromatic carbocycles. The third kappa shape index (κ3) is 7.49. The van der Waals surface area contributed by atoms with Crippen molar-refractivity contribution in [2.24, 2.45) is 10.9 Å². The van der Waals surface area contributed by atoms with Gasteiger partial charge in [-0.25, -0.2) is 4.99 Å². The van der Waals surface area contributed by atoms with Crippen molar-refractivity contribution in [2.45, 2.75) is 32.9 Å². The number of rotatable bonds is 9. The number of halogens is 1. The Balaban J connectivity index is 0.00000280. The summed E-state index contributed by atoms with van der Waals surface area (Å²) in [6, 6.07) is 10.3. The van der Waals surface area contributed by atoms with Gasteiger partial charge < -0.3 is 16.0 Å². The first-order chi connectivity index (χ1) is 13.2. The molecule has 7 nitrogen and oxygen atoms in total. The van der Waals surface area contributed by atoms with Gasteiger partial charge in [0.2, 0.25) is 5.91 Å². The van der Waals surface area contributed by atoms with Crippen LogP contribution in [0.3, 0.4) is 0 Å². The van der Waals surface area contributed by atoms with Crippen LogP contribution in [-0.2, 0) is 17.9 Å². The van der Waals surface area contributed by atoms with Gasteiger partial charge in [0.25, 0.3) is 0 Å². The number of guanidine groups is 1. The predicted octanol–water partition coefficient (Wildman–Crippen LogP) is 2.13. The lowest BCUT2D eigenvalue weighted by Gasteiger charge is -2.11. The highest BCUT2D eigenvalue weighted by Crippen LogP contribution is 2.28. The Hall–Kier alpha value is -2.10. The van der Waals surface area contributed by atoms with E-state index in [-0.39, 0.29) is 35.8 Å². The van der Waals surface area contributed by atoms with Crippen LogP contribution < -0.4 is 16.0 Å². The lowest BCUT2D eigenvalue weighted by molar-refractivity contribution is -0.122. The number of amides is 1. The molecule has 0 spiro atoms. The molecule has 8 heteroatoms. The average Bonchev–Trinajstić information content (AvgIpc) is 3.44. The van der Waals surface area contributed by atoms with E-state index in [1.54, 1.807) is 0 Å². The maximum Gasteiger partial charge on any atom is 0.223 e. The Morgan fingerprint density at radius 1 is 1.14 bits per heavy atom. The van der Waals surface area contributed by atoms with Crippen LogP contribution in [0.25, 0.3) is 0 Å². The first-order valence-corrected chi connectivity index (χ1v) is 9.59. The summed E-state index contributed by atoms with van der Waals surface area (Å²) >= 11 is 0. The molecular formula is C20H29IN6O. The van der Waals surface area contributed by atoms with Crippen LogP contribution in [0.2, 0.25) is 0 Å². The van der Waals surface area contributed by atoms with E-state index in [9.17, 15) is 4.79 Å². The Morgan fingerprint density at radius 2 is 1.89 bits per heavy atom. The number of benzene rings is 1. The summed E-state index contributed by atoms with van der Waals surface area (Å²) in [6.45, 7) is 5.38. The average molecular weight is 496 g/mol. The predicted molar refractivity (Wildman–Crippen MR) is 122 cm³/mol. The summed E-state index contributed by atoms with van der Waals surface area (Å²) in [5.41, 5.74) is 2.28. The fraction of sp³-hybridized carbons (Fsp3) is 0.450. The van der Waals surface area contributed by atoms with Gasteiger partial charge in [-0.05, 0) is 25.3 Å². The van der Waals surface area contributed by atoms with Gasteiger partial charge in [0.1, 0.15) is 0 Å². The van der Waals surface area contributed by atoms with Gasteiger partial charge in [-0.1, -0.05) is 30.3 Å². The zero-order chi connectivity index (χ0) is 18.9. The summed E-state index contributed by atoms with van der Waals surface area (Å²) in [6.07, 6.45) is 5.93. The van der Waals surface area contributed by atoms with Gasteiger partial charge in [0.15, 0.2) is 5.96 Å². The fourth-order valence-corrected chi connectivity index (χ4v) is 2.71. The van der Waals surface area contributed by atoms with Crippen LogP contribution in [0, 0.1) is 5.92 Å². The molecule has 1 heterocycles. The highest BCUT2D eigenvalue weighted by Gasteiger charge is 2.28. The molecular weight excluding hydrogens is 467 g/mol. The van der Waals surface area contributed by atoms with Gasteiger partial charge in [-0.15, -0.1) is 24.0 Å². The number of aliphatic imine (C=N–C) groups is 1. The normalized spacial score (nSPS) is 13.5. The molecule has 0 radical (unpaired) electrons. The maximum atomic E-state index is 11.6. The van der Waals surface area contributed by atoms with E-state index in [1.165, 1.54) is 5.56 Å². The van der Waals surface area contributed by atoms with Crippen molar-refractivity contribution in [1.29, 1.82) is 0 Å². The van der Waals surface area contributed by atoms with E-state index < -0.39 is 0 Å². The second kappa shape index (κ2) is 11.7. The first kappa shape index (κ1) is 22.2. The van der Waals surface area contributed by atoms with E-state index in [2.05, 4.69) is 38.2 Å². The monoisotopic (exact) mass is 496 g/mol. The van der Waals surface area contributed by atoms with Crippen LogP contribution in [0.4, 0.5) is 0 Å². The van der Waals surface area contributed by atoms with Crippen LogP contribution in [-0.4, -0.2) is 41.3 Å². The van der Waals surface area contributed by atoms with E-state index >= 15 is 0 Å². The second-order valence-electron chi connectivity index (χ2n) is 6.72. The van der Waals surface area contributed by atoms with Crippen molar-refractivity contribution in [2.75, 3.05) is 19.6 Å². The molecule has 28 heavy (non-hydrogen) atoms. The number of aromatic nitrogens is 2. The number of hydrogen-bond donors (Lipinski definition) is 3. The van der Waals surface area contributed by atoms with Crippen molar-refractivity contribution in [3.63, 3.8) is 0 Å². The lowest BCUT2D eigenvalue weighted by atomic mass is 10.2. The zero-order valence-corrected chi connectivity index (χ0v) is 18.6. The molecule has 0 bridgehead atoms. The number of nitrogens with one attached hydrogen (secondary N) is 3. The van der Waals surface area contributed by atoms with Crippen LogP contribution >= 0.6 is 24.0 Å². The van der Waals surface area contributed by atoms with Gasteiger partial charge >= 0.3 is 0 Å².